The van der Waals surface area contributed by atoms with Crippen LogP contribution >= 0.6 is 0 Å². The minimum absolute atomic E-state index is 0.0127. The van der Waals surface area contributed by atoms with Crippen LogP contribution in [0.15, 0.2) is 24.3 Å². The molecule has 1 N–H and O–H groups in total. The van der Waals surface area contributed by atoms with E-state index in [1.807, 2.05) is 0 Å². The number of nitrogens with zero attached hydrogens (tertiary/aromatic N) is 1. The highest BCUT2D eigenvalue weighted by Crippen LogP contribution is 2.23. The molecule has 0 saturated carbocycles. The van der Waals surface area contributed by atoms with E-state index in [-0.39, 0.29) is 36.4 Å². The molecule has 1 aliphatic heterocycles. The van der Waals surface area contributed by atoms with Crippen LogP contribution in [0.3, 0.4) is 0 Å². The number of amides is 2. The molecule has 0 aromatic heterocycles. The minimum atomic E-state index is -4.73. The Morgan fingerprint density at radius 3 is 2.60 bits per heavy atom. The molecule has 1 unspecified atom stereocenters. The first kappa shape index (κ1) is 19.1. The van der Waals surface area contributed by atoms with E-state index in [0.29, 0.717) is 18.5 Å². The molecular weight excluding hydrogens is 337 g/mol. The fourth-order valence-corrected chi connectivity index (χ4v) is 2.78. The topological polar surface area (TPSA) is 58.6 Å². The van der Waals surface area contributed by atoms with Crippen molar-refractivity contribution in [1.82, 2.24) is 10.2 Å². The van der Waals surface area contributed by atoms with E-state index in [4.69, 9.17) is 0 Å². The van der Waals surface area contributed by atoms with Gasteiger partial charge in [-0.15, -0.1) is 13.2 Å². The number of halogens is 3. The lowest BCUT2D eigenvalue weighted by Gasteiger charge is -2.19. The van der Waals surface area contributed by atoms with Crippen molar-refractivity contribution in [3.8, 4) is 5.75 Å². The number of rotatable bonds is 5. The van der Waals surface area contributed by atoms with Crippen LogP contribution in [0.4, 0.5) is 13.2 Å². The third-order valence-electron chi connectivity index (χ3n) is 4.10. The molecule has 1 atom stereocenters. The van der Waals surface area contributed by atoms with Crippen LogP contribution in [-0.2, 0) is 16.1 Å². The molecule has 2 amide bonds. The average Bonchev–Trinajstić information content (AvgIpc) is 2.68. The van der Waals surface area contributed by atoms with Crippen molar-refractivity contribution in [2.45, 2.75) is 38.6 Å². The second kappa shape index (κ2) is 8.22. The summed E-state index contributed by atoms with van der Waals surface area (Å²) < 4.78 is 40.1. The number of hydrogen-bond donors (Lipinski definition) is 1. The summed E-state index contributed by atoms with van der Waals surface area (Å²) in [4.78, 5) is 25.9. The van der Waals surface area contributed by atoms with E-state index in [0.717, 1.165) is 12.8 Å². The number of benzene rings is 1. The summed E-state index contributed by atoms with van der Waals surface area (Å²) in [5.74, 6) is -0.879. The predicted octanol–water partition coefficient (Wildman–Crippen LogP) is 2.85. The van der Waals surface area contributed by atoms with Crippen LogP contribution in [0.1, 0.15) is 31.2 Å². The normalized spacial score (nSPS) is 18.6. The summed E-state index contributed by atoms with van der Waals surface area (Å²) in [5, 5.41) is 2.70. The van der Waals surface area contributed by atoms with Gasteiger partial charge < -0.3 is 15.0 Å². The van der Waals surface area contributed by atoms with Gasteiger partial charge in [-0.2, -0.15) is 0 Å². The third kappa shape index (κ3) is 6.28. The standard InChI is InChI=1S/C17H21F3N2O3/c1-22-9-3-2-4-13(16(22)24)10-15(23)21-11-12-5-7-14(8-6-12)25-17(18,19)20/h5-8,13H,2-4,9-11H2,1H3,(H,21,23). The number of carbonyl (C=O) groups is 2. The lowest BCUT2D eigenvalue weighted by molar-refractivity contribution is -0.274. The maximum Gasteiger partial charge on any atom is 0.573 e. The second-order valence-electron chi connectivity index (χ2n) is 6.13. The quantitative estimate of drug-likeness (QED) is 0.881. The van der Waals surface area contributed by atoms with E-state index in [1.165, 1.54) is 24.3 Å². The van der Waals surface area contributed by atoms with Crippen LogP contribution < -0.4 is 10.1 Å². The molecule has 0 bridgehead atoms. The summed E-state index contributed by atoms with van der Waals surface area (Å²) in [7, 11) is 1.74. The highest BCUT2D eigenvalue weighted by atomic mass is 19.4. The zero-order chi connectivity index (χ0) is 18.4. The summed E-state index contributed by atoms with van der Waals surface area (Å²) in [6.45, 7) is 0.894. The first-order chi connectivity index (χ1) is 11.7. The third-order valence-corrected chi connectivity index (χ3v) is 4.10. The van der Waals surface area contributed by atoms with Crippen molar-refractivity contribution in [3.63, 3.8) is 0 Å². The molecule has 2 rings (SSSR count). The Balaban J connectivity index is 1.82. The Morgan fingerprint density at radius 2 is 1.96 bits per heavy atom. The van der Waals surface area contributed by atoms with Gasteiger partial charge >= 0.3 is 6.36 Å². The molecule has 0 radical (unpaired) electrons. The van der Waals surface area contributed by atoms with Crippen molar-refractivity contribution in [2.24, 2.45) is 5.92 Å². The molecule has 8 heteroatoms. The van der Waals surface area contributed by atoms with Gasteiger partial charge in [0.05, 0.1) is 0 Å². The van der Waals surface area contributed by atoms with E-state index in [1.54, 1.807) is 11.9 Å². The Labute approximate surface area is 144 Å². The van der Waals surface area contributed by atoms with E-state index in [9.17, 15) is 22.8 Å². The molecule has 1 fully saturated rings. The average molecular weight is 358 g/mol. The first-order valence-electron chi connectivity index (χ1n) is 8.11. The molecule has 1 saturated heterocycles. The number of nitrogens with one attached hydrogen (secondary N) is 1. The van der Waals surface area contributed by atoms with Gasteiger partial charge in [0.1, 0.15) is 5.75 Å². The van der Waals surface area contributed by atoms with Crippen molar-refractivity contribution >= 4 is 11.8 Å². The number of hydrogen-bond acceptors (Lipinski definition) is 3. The summed E-state index contributed by atoms with van der Waals surface area (Å²) in [6, 6.07) is 5.29. The van der Waals surface area contributed by atoms with Gasteiger partial charge in [-0.25, -0.2) is 0 Å². The fourth-order valence-electron chi connectivity index (χ4n) is 2.78. The first-order valence-corrected chi connectivity index (χ1v) is 8.11. The number of alkyl halides is 3. The zero-order valence-corrected chi connectivity index (χ0v) is 13.9. The van der Waals surface area contributed by atoms with Crippen LogP contribution in [-0.4, -0.2) is 36.7 Å². The number of ether oxygens (including phenoxy) is 1. The highest BCUT2D eigenvalue weighted by molar-refractivity contribution is 5.85. The van der Waals surface area contributed by atoms with Crippen LogP contribution in [0.2, 0.25) is 0 Å². The second-order valence-corrected chi connectivity index (χ2v) is 6.13. The van der Waals surface area contributed by atoms with Gasteiger partial charge in [0.25, 0.3) is 0 Å². The SMILES string of the molecule is CN1CCCCC(CC(=O)NCc2ccc(OC(F)(F)F)cc2)C1=O. The van der Waals surface area contributed by atoms with E-state index in [2.05, 4.69) is 10.1 Å². The maximum atomic E-state index is 12.1. The minimum Gasteiger partial charge on any atom is -0.406 e. The van der Waals surface area contributed by atoms with Crippen molar-refractivity contribution in [2.75, 3.05) is 13.6 Å². The summed E-state index contributed by atoms with van der Waals surface area (Å²) in [5.41, 5.74) is 0.646. The van der Waals surface area contributed by atoms with Crippen LogP contribution in [0.5, 0.6) is 5.75 Å². The Kier molecular flexibility index (Phi) is 6.27. The van der Waals surface area contributed by atoms with Crippen molar-refractivity contribution < 1.29 is 27.5 Å². The molecule has 1 aromatic rings. The van der Waals surface area contributed by atoms with Gasteiger partial charge in [0.2, 0.25) is 11.8 Å². The molecule has 0 spiro atoms. The van der Waals surface area contributed by atoms with Gasteiger partial charge in [0.15, 0.2) is 0 Å². The summed E-state index contributed by atoms with van der Waals surface area (Å²) >= 11 is 0. The Hall–Kier alpha value is -2.25. The molecule has 138 valence electrons. The van der Waals surface area contributed by atoms with Gasteiger partial charge in [-0.1, -0.05) is 18.6 Å². The predicted molar refractivity (Wildman–Crippen MR) is 84.6 cm³/mol. The van der Waals surface area contributed by atoms with Crippen molar-refractivity contribution in [1.29, 1.82) is 0 Å². The van der Waals surface area contributed by atoms with E-state index < -0.39 is 6.36 Å². The van der Waals surface area contributed by atoms with Gasteiger partial charge in [-0.3, -0.25) is 9.59 Å². The van der Waals surface area contributed by atoms with Gasteiger partial charge in [0, 0.05) is 32.5 Å². The number of carbonyl (C=O) groups excluding carboxylic acids is 2. The molecule has 1 aliphatic rings. The Morgan fingerprint density at radius 1 is 1.28 bits per heavy atom. The lowest BCUT2D eigenvalue weighted by atomic mass is 9.98. The lowest BCUT2D eigenvalue weighted by Crippen LogP contribution is -2.34. The largest absolute Gasteiger partial charge is 0.573 e. The zero-order valence-electron chi connectivity index (χ0n) is 13.9. The maximum absolute atomic E-state index is 12.1. The van der Waals surface area contributed by atoms with Crippen LogP contribution in [0.25, 0.3) is 0 Å². The molecule has 1 aromatic carbocycles. The Bertz CT molecular complexity index is 602. The molecule has 5 nitrogen and oxygen atoms in total. The van der Waals surface area contributed by atoms with Gasteiger partial charge in [-0.05, 0) is 30.5 Å². The molecule has 0 aliphatic carbocycles. The molecular formula is C17H21F3N2O3. The monoisotopic (exact) mass is 358 g/mol. The highest BCUT2D eigenvalue weighted by Gasteiger charge is 2.31. The number of likely N-dealkylation sites (tertiary alicyclic amines) is 1. The molecule has 25 heavy (non-hydrogen) atoms. The fraction of sp³-hybridized carbons (Fsp3) is 0.529. The van der Waals surface area contributed by atoms with Crippen LogP contribution in [0, 0.1) is 5.92 Å². The van der Waals surface area contributed by atoms with E-state index >= 15 is 0 Å². The molecule has 1 heterocycles. The summed E-state index contributed by atoms with van der Waals surface area (Å²) in [6.07, 6.45) is -2.06. The van der Waals surface area contributed by atoms with Crippen molar-refractivity contribution in [3.05, 3.63) is 29.8 Å². The smallest absolute Gasteiger partial charge is 0.406 e.